The van der Waals surface area contributed by atoms with Crippen LogP contribution in [0.5, 0.6) is 0 Å². The molecule has 0 fully saturated rings. The van der Waals surface area contributed by atoms with Crippen molar-refractivity contribution in [1.29, 1.82) is 0 Å². The minimum absolute atomic E-state index is 0.563. The first kappa shape index (κ1) is 20.1. The molecule has 0 aliphatic heterocycles. The Morgan fingerprint density at radius 3 is 2.68 bits per heavy atom. The highest BCUT2D eigenvalue weighted by atomic mass is 35.5. The van der Waals surface area contributed by atoms with Crippen LogP contribution in [0, 0.1) is 6.92 Å². The van der Waals surface area contributed by atoms with Crippen molar-refractivity contribution in [2.24, 2.45) is 5.10 Å². The normalized spacial score (nSPS) is 11.7. The summed E-state index contributed by atoms with van der Waals surface area (Å²) in [6.07, 6.45) is 1.87. The van der Waals surface area contributed by atoms with Crippen LogP contribution in [0.3, 0.4) is 0 Å². The third-order valence-electron chi connectivity index (χ3n) is 5.25. The Morgan fingerprint density at radius 2 is 1.84 bits per heavy atom. The zero-order valence-corrected chi connectivity index (χ0v) is 19.0. The maximum absolute atomic E-state index is 6.22. The van der Waals surface area contributed by atoms with Crippen LogP contribution in [0.4, 0.5) is 5.13 Å². The lowest BCUT2D eigenvalue weighted by Gasteiger charge is -2.09. The van der Waals surface area contributed by atoms with Crippen molar-refractivity contribution in [1.82, 2.24) is 9.55 Å². The zero-order valence-electron chi connectivity index (χ0n) is 16.6. The fourth-order valence-corrected chi connectivity index (χ4v) is 4.85. The molecule has 0 unspecified atom stereocenters. The average Bonchev–Trinajstić information content (AvgIpc) is 3.30. The SMILES string of the molecule is Cc1c(C=NNc2nc3ccccc3s2)c2ccccc2n1Cc1ccc(Cl)c(Cl)c1. The molecule has 0 bridgehead atoms. The van der Waals surface area contributed by atoms with Crippen molar-refractivity contribution in [3.63, 3.8) is 0 Å². The summed E-state index contributed by atoms with van der Waals surface area (Å²) in [6.45, 7) is 2.80. The van der Waals surface area contributed by atoms with Gasteiger partial charge in [-0.2, -0.15) is 5.10 Å². The van der Waals surface area contributed by atoms with Gasteiger partial charge in [0.15, 0.2) is 0 Å². The van der Waals surface area contributed by atoms with Crippen molar-refractivity contribution in [3.05, 3.63) is 93.6 Å². The summed E-state index contributed by atoms with van der Waals surface area (Å²) >= 11 is 13.9. The van der Waals surface area contributed by atoms with E-state index in [1.54, 1.807) is 11.3 Å². The Hall–Kier alpha value is -2.86. The first-order valence-electron chi connectivity index (χ1n) is 9.76. The van der Waals surface area contributed by atoms with Gasteiger partial charge in [-0.15, -0.1) is 0 Å². The molecule has 0 atom stereocenters. The highest BCUT2D eigenvalue weighted by molar-refractivity contribution is 7.22. The number of hydrazone groups is 1. The fourth-order valence-electron chi connectivity index (χ4n) is 3.72. The molecule has 0 radical (unpaired) electrons. The summed E-state index contributed by atoms with van der Waals surface area (Å²) in [4.78, 5) is 4.57. The molecule has 5 rings (SSSR count). The minimum Gasteiger partial charge on any atom is -0.340 e. The topological polar surface area (TPSA) is 42.2 Å². The van der Waals surface area contributed by atoms with E-state index in [9.17, 15) is 0 Å². The summed E-state index contributed by atoms with van der Waals surface area (Å²) in [6, 6.07) is 22.2. The van der Waals surface area contributed by atoms with E-state index in [2.05, 4.69) is 45.2 Å². The first-order chi connectivity index (χ1) is 15.1. The molecule has 0 spiro atoms. The van der Waals surface area contributed by atoms with Gasteiger partial charge in [-0.25, -0.2) is 4.98 Å². The van der Waals surface area contributed by atoms with E-state index in [0.717, 1.165) is 43.1 Å². The van der Waals surface area contributed by atoms with Gasteiger partial charge in [-0.05, 0) is 42.8 Å². The van der Waals surface area contributed by atoms with E-state index in [0.29, 0.717) is 16.6 Å². The Morgan fingerprint density at radius 1 is 1.03 bits per heavy atom. The number of thiazole rings is 1. The molecular formula is C24H18Cl2N4S. The smallest absolute Gasteiger partial charge is 0.204 e. The van der Waals surface area contributed by atoms with Crippen molar-refractivity contribution < 1.29 is 0 Å². The van der Waals surface area contributed by atoms with Gasteiger partial charge >= 0.3 is 0 Å². The lowest BCUT2D eigenvalue weighted by molar-refractivity contribution is 0.804. The van der Waals surface area contributed by atoms with Gasteiger partial charge in [0.05, 0.1) is 26.5 Å². The molecule has 3 aromatic carbocycles. The zero-order chi connectivity index (χ0) is 21.4. The Kier molecular flexibility index (Phi) is 5.40. The van der Waals surface area contributed by atoms with Crippen LogP contribution in [-0.2, 0) is 6.54 Å². The molecule has 2 aromatic heterocycles. The predicted molar refractivity (Wildman–Crippen MR) is 133 cm³/mol. The maximum Gasteiger partial charge on any atom is 0.204 e. The van der Waals surface area contributed by atoms with E-state index in [1.807, 2.05) is 54.7 Å². The quantitative estimate of drug-likeness (QED) is 0.218. The van der Waals surface area contributed by atoms with Crippen molar-refractivity contribution in [3.8, 4) is 0 Å². The van der Waals surface area contributed by atoms with Gasteiger partial charge in [-0.1, -0.05) is 70.9 Å². The van der Waals surface area contributed by atoms with Crippen molar-refractivity contribution in [2.45, 2.75) is 13.5 Å². The summed E-state index contributed by atoms with van der Waals surface area (Å²) in [5.41, 5.74) is 8.49. The van der Waals surface area contributed by atoms with Crippen LogP contribution in [0.15, 0.2) is 71.8 Å². The molecule has 154 valence electrons. The second-order valence-corrected chi connectivity index (χ2v) is 9.05. The second kappa shape index (κ2) is 8.35. The third-order valence-corrected chi connectivity index (χ3v) is 6.93. The standard InChI is InChI=1S/C24H18Cl2N4S/c1-15-18(13-27-29-24-28-21-7-3-5-9-23(21)31-24)17-6-2-4-8-22(17)30(15)14-16-10-11-19(25)20(26)12-16/h2-13H,14H2,1H3,(H,28,29). The minimum atomic E-state index is 0.563. The second-order valence-electron chi connectivity index (χ2n) is 7.21. The van der Waals surface area contributed by atoms with Crippen LogP contribution >= 0.6 is 34.5 Å². The highest BCUT2D eigenvalue weighted by Crippen LogP contribution is 2.29. The van der Waals surface area contributed by atoms with Crippen LogP contribution in [0.25, 0.3) is 21.1 Å². The van der Waals surface area contributed by atoms with E-state index >= 15 is 0 Å². The Balaban J connectivity index is 1.47. The Labute approximate surface area is 193 Å². The van der Waals surface area contributed by atoms with Crippen LogP contribution < -0.4 is 5.43 Å². The number of benzene rings is 3. The van der Waals surface area contributed by atoms with Gasteiger partial charge in [0.2, 0.25) is 5.13 Å². The van der Waals surface area contributed by atoms with E-state index in [-0.39, 0.29) is 0 Å². The molecule has 5 aromatic rings. The summed E-state index contributed by atoms with van der Waals surface area (Å²) < 4.78 is 3.41. The Bertz CT molecular complexity index is 1400. The van der Waals surface area contributed by atoms with E-state index in [1.165, 1.54) is 0 Å². The molecule has 0 amide bonds. The molecule has 0 aliphatic carbocycles. The van der Waals surface area contributed by atoms with Gasteiger partial charge in [0.1, 0.15) is 0 Å². The van der Waals surface area contributed by atoms with Crippen molar-refractivity contribution in [2.75, 3.05) is 5.43 Å². The number of hydrogen-bond donors (Lipinski definition) is 1. The molecule has 4 nitrogen and oxygen atoms in total. The first-order valence-corrected chi connectivity index (χ1v) is 11.3. The maximum atomic E-state index is 6.22. The number of para-hydroxylation sites is 2. The number of fused-ring (bicyclic) bond motifs is 2. The van der Waals surface area contributed by atoms with E-state index in [4.69, 9.17) is 23.2 Å². The number of anilines is 1. The van der Waals surface area contributed by atoms with Crippen LogP contribution in [0.2, 0.25) is 10.0 Å². The number of aromatic nitrogens is 2. The lowest BCUT2D eigenvalue weighted by atomic mass is 10.1. The average molecular weight is 465 g/mol. The molecule has 0 aliphatic rings. The number of rotatable bonds is 5. The number of nitrogens with one attached hydrogen (secondary N) is 1. The molecule has 31 heavy (non-hydrogen) atoms. The summed E-state index contributed by atoms with van der Waals surface area (Å²) in [7, 11) is 0. The van der Waals surface area contributed by atoms with Gasteiger partial charge < -0.3 is 4.57 Å². The summed E-state index contributed by atoms with van der Waals surface area (Å²) in [5.74, 6) is 0. The van der Waals surface area contributed by atoms with E-state index < -0.39 is 0 Å². The molecule has 1 N–H and O–H groups in total. The van der Waals surface area contributed by atoms with Crippen LogP contribution in [0.1, 0.15) is 16.8 Å². The van der Waals surface area contributed by atoms with Crippen molar-refractivity contribution >= 4 is 67.0 Å². The number of halogens is 2. The van der Waals surface area contributed by atoms with Gasteiger partial charge in [0, 0.05) is 28.7 Å². The fraction of sp³-hybridized carbons (Fsp3) is 0.0833. The largest absolute Gasteiger partial charge is 0.340 e. The van der Waals surface area contributed by atoms with Gasteiger partial charge in [0.25, 0.3) is 0 Å². The molecular weight excluding hydrogens is 447 g/mol. The highest BCUT2D eigenvalue weighted by Gasteiger charge is 2.13. The molecule has 2 heterocycles. The number of hydrogen-bond acceptors (Lipinski definition) is 4. The number of nitrogens with zero attached hydrogens (tertiary/aromatic N) is 3. The van der Waals surface area contributed by atoms with Gasteiger partial charge in [-0.3, -0.25) is 5.43 Å². The molecule has 0 saturated heterocycles. The summed E-state index contributed by atoms with van der Waals surface area (Å²) in [5, 5.41) is 7.53. The molecule has 0 saturated carbocycles. The lowest BCUT2D eigenvalue weighted by Crippen LogP contribution is -2.02. The third kappa shape index (κ3) is 3.92. The molecule has 7 heteroatoms. The monoisotopic (exact) mass is 464 g/mol. The van der Waals surface area contributed by atoms with Crippen LogP contribution in [-0.4, -0.2) is 15.8 Å². The predicted octanol–water partition coefficient (Wildman–Crippen LogP) is 7.36.